The molecule has 1 aliphatic heterocycles. The van der Waals surface area contributed by atoms with Gasteiger partial charge in [-0.1, -0.05) is 30.3 Å². The Kier molecular flexibility index (Phi) is 5.55. The number of hydrogen-bond donors (Lipinski definition) is 2. The lowest BCUT2D eigenvalue weighted by atomic mass is 9.82. The lowest BCUT2D eigenvalue weighted by Crippen LogP contribution is -2.50. The third kappa shape index (κ3) is 4.25. The van der Waals surface area contributed by atoms with Crippen molar-refractivity contribution in [3.05, 3.63) is 35.9 Å². The predicted octanol–water partition coefficient (Wildman–Crippen LogP) is 3.11. The molecule has 1 heterocycles. The largest absolute Gasteiger partial charge is 0.335 e. The van der Waals surface area contributed by atoms with Gasteiger partial charge in [-0.2, -0.15) is 0 Å². The zero-order valence-electron chi connectivity index (χ0n) is 14.1. The quantitative estimate of drug-likeness (QED) is 0.900. The molecule has 4 heteroatoms. The molecule has 1 aliphatic carbocycles. The zero-order chi connectivity index (χ0) is 16.1. The molecule has 0 atom stereocenters. The maximum atomic E-state index is 12.5. The average Bonchev–Trinajstić information content (AvgIpc) is 2.63. The van der Waals surface area contributed by atoms with Crippen LogP contribution in [0.1, 0.15) is 50.0 Å². The first-order valence-electron chi connectivity index (χ1n) is 9.03. The number of piperidine rings is 1. The molecule has 2 fully saturated rings. The van der Waals surface area contributed by atoms with Crippen molar-refractivity contribution >= 4 is 6.03 Å². The fourth-order valence-corrected chi connectivity index (χ4v) is 3.93. The van der Waals surface area contributed by atoms with Gasteiger partial charge in [0.05, 0.1) is 0 Å². The van der Waals surface area contributed by atoms with Crippen LogP contribution in [0.4, 0.5) is 4.79 Å². The highest BCUT2D eigenvalue weighted by molar-refractivity contribution is 5.74. The highest BCUT2D eigenvalue weighted by atomic mass is 16.2. The van der Waals surface area contributed by atoms with Gasteiger partial charge >= 0.3 is 6.03 Å². The third-order valence-electron chi connectivity index (χ3n) is 5.50. The van der Waals surface area contributed by atoms with Gasteiger partial charge in [0.2, 0.25) is 0 Å². The summed E-state index contributed by atoms with van der Waals surface area (Å²) in [4.78, 5) is 14.4. The number of nitrogens with zero attached hydrogens (tertiary/aromatic N) is 1. The standard InChI is InChI=1S/C19H29N3O/c1-22(18-11-13-20-14-12-18)19(23)21-17-9-7-16(8-10-17)15-5-3-2-4-6-15/h2-6,16-18,20H,7-14H2,1H3,(H,21,23)/t16-,17+. The number of nitrogens with one attached hydrogen (secondary N) is 2. The number of carbonyl (C=O) groups excluding carboxylic acids is 1. The van der Waals surface area contributed by atoms with Crippen molar-refractivity contribution in [2.45, 2.75) is 56.5 Å². The summed E-state index contributed by atoms with van der Waals surface area (Å²) in [6.45, 7) is 2.04. The van der Waals surface area contributed by atoms with Crippen LogP contribution in [-0.4, -0.2) is 43.2 Å². The summed E-state index contributed by atoms with van der Waals surface area (Å²) in [6.07, 6.45) is 6.64. The van der Waals surface area contributed by atoms with E-state index in [-0.39, 0.29) is 6.03 Å². The highest BCUT2D eigenvalue weighted by Crippen LogP contribution is 2.32. The minimum atomic E-state index is 0.111. The summed E-state index contributed by atoms with van der Waals surface area (Å²) in [6, 6.07) is 11.6. The Balaban J connectivity index is 1.45. The molecule has 0 aromatic heterocycles. The van der Waals surface area contributed by atoms with E-state index in [9.17, 15) is 4.79 Å². The lowest BCUT2D eigenvalue weighted by Gasteiger charge is -2.35. The normalized spacial score (nSPS) is 25.8. The van der Waals surface area contributed by atoms with Crippen molar-refractivity contribution in [3.8, 4) is 0 Å². The number of rotatable bonds is 3. The van der Waals surface area contributed by atoms with Crippen LogP contribution >= 0.6 is 0 Å². The van der Waals surface area contributed by atoms with Gasteiger partial charge in [0.1, 0.15) is 0 Å². The molecule has 0 spiro atoms. The van der Waals surface area contributed by atoms with Crippen molar-refractivity contribution in [2.75, 3.05) is 20.1 Å². The molecule has 2 amide bonds. The number of amides is 2. The SMILES string of the molecule is CN(C(=O)N[C@H]1CC[C@@H](c2ccccc2)CC1)C1CCNCC1. The van der Waals surface area contributed by atoms with Crippen LogP contribution in [0.2, 0.25) is 0 Å². The van der Waals surface area contributed by atoms with Gasteiger partial charge in [-0.3, -0.25) is 0 Å². The molecule has 23 heavy (non-hydrogen) atoms. The number of benzene rings is 1. The summed E-state index contributed by atoms with van der Waals surface area (Å²) in [5, 5.41) is 6.61. The first-order valence-corrected chi connectivity index (χ1v) is 9.03. The summed E-state index contributed by atoms with van der Waals surface area (Å²) < 4.78 is 0. The van der Waals surface area contributed by atoms with Crippen molar-refractivity contribution in [3.63, 3.8) is 0 Å². The van der Waals surface area contributed by atoms with Crippen molar-refractivity contribution in [1.82, 2.24) is 15.5 Å². The van der Waals surface area contributed by atoms with Crippen LogP contribution in [0.15, 0.2) is 30.3 Å². The minimum Gasteiger partial charge on any atom is -0.335 e. The molecule has 4 nitrogen and oxygen atoms in total. The van der Waals surface area contributed by atoms with Crippen LogP contribution in [0.25, 0.3) is 0 Å². The molecule has 0 bridgehead atoms. The summed E-state index contributed by atoms with van der Waals surface area (Å²) in [7, 11) is 1.95. The van der Waals surface area contributed by atoms with E-state index < -0.39 is 0 Å². The predicted molar refractivity (Wildman–Crippen MR) is 93.6 cm³/mol. The van der Waals surface area contributed by atoms with Gasteiger partial charge in [-0.15, -0.1) is 0 Å². The summed E-state index contributed by atoms with van der Waals surface area (Å²) in [5.74, 6) is 0.659. The Morgan fingerprint density at radius 3 is 2.35 bits per heavy atom. The maximum Gasteiger partial charge on any atom is 0.317 e. The second kappa shape index (κ2) is 7.82. The number of hydrogen-bond acceptors (Lipinski definition) is 2. The molecule has 1 aromatic carbocycles. The van der Waals surface area contributed by atoms with Crippen molar-refractivity contribution < 1.29 is 4.79 Å². The van der Waals surface area contributed by atoms with E-state index in [0.29, 0.717) is 18.0 Å². The molecular formula is C19H29N3O. The summed E-state index contributed by atoms with van der Waals surface area (Å²) in [5.41, 5.74) is 1.45. The van der Waals surface area contributed by atoms with Gasteiger partial charge in [-0.25, -0.2) is 4.79 Å². The molecule has 2 N–H and O–H groups in total. The van der Waals surface area contributed by atoms with E-state index in [0.717, 1.165) is 38.8 Å². The molecular weight excluding hydrogens is 286 g/mol. The van der Waals surface area contributed by atoms with Crippen LogP contribution in [-0.2, 0) is 0 Å². The van der Waals surface area contributed by atoms with Gasteiger partial charge in [0.15, 0.2) is 0 Å². The molecule has 126 valence electrons. The first kappa shape index (κ1) is 16.3. The molecule has 1 saturated heterocycles. The number of carbonyl (C=O) groups is 1. The van der Waals surface area contributed by atoms with E-state index in [4.69, 9.17) is 0 Å². The lowest BCUT2D eigenvalue weighted by molar-refractivity contribution is 0.169. The van der Waals surface area contributed by atoms with Crippen molar-refractivity contribution in [1.29, 1.82) is 0 Å². The van der Waals surface area contributed by atoms with Gasteiger partial charge in [0, 0.05) is 19.1 Å². The monoisotopic (exact) mass is 315 g/mol. The van der Waals surface area contributed by atoms with Gasteiger partial charge in [0.25, 0.3) is 0 Å². The average molecular weight is 315 g/mol. The molecule has 1 aromatic rings. The van der Waals surface area contributed by atoms with Crippen LogP contribution < -0.4 is 10.6 Å². The first-order chi connectivity index (χ1) is 11.2. The van der Waals surface area contributed by atoms with Crippen LogP contribution in [0, 0.1) is 0 Å². The van der Waals surface area contributed by atoms with Gasteiger partial charge in [-0.05, 0) is 63.1 Å². The molecule has 0 radical (unpaired) electrons. The Hall–Kier alpha value is -1.55. The second-order valence-corrected chi connectivity index (χ2v) is 7.00. The van der Waals surface area contributed by atoms with Gasteiger partial charge < -0.3 is 15.5 Å². The second-order valence-electron chi connectivity index (χ2n) is 7.00. The van der Waals surface area contributed by atoms with Crippen LogP contribution in [0.5, 0.6) is 0 Å². The number of urea groups is 1. The fraction of sp³-hybridized carbons (Fsp3) is 0.632. The maximum absolute atomic E-state index is 12.5. The minimum absolute atomic E-state index is 0.111. The molecule has 2 aliphatic rings. The smallest absolute Gasteiger partial charge is 0.317 e. The fourth-order valence-electron chi connectivity index (χ4n) is 3.93. The van der Waals surface area contributed by atoms with Crippen LogP contribution in [0.3, 0.4) is 0 Å². The Labute approximate surface area is 139 Å². The Morgan fingerprint density at radius 2 is 1.70 bits per heavy atom. The van der Waals surface area contributed by atoms with E-state index in [1.54, 1.807) is 0 Å². The Bertz CT molecular complexity index is 491. The van der Waals surface area contributed by atoms with E-state index in [1.807, 2.05) is 11.9 Å². The van der Waals surface area contributed by atoms with Crippen molar-refractivity contribution in [2.24, 2.45) is 0 Å². The third-order valence-corrected chi connectivity index (χ3v) is 5.50. The van der Waals surface area contributed by atoms with E-state index in [2.05, 4.69) is 41.0 Å². The topological polar surface area (TPSA) is 44.4 Å². The summed E-state index contributed by atoms with van der Waals surface area (Å²) >= 11 is 0. The zero-order valence-corrected chi connectivity index (χ0v) is 14.1. The molecule has 1 saturated carbocycles. The van der Waals surface area contributed by atoms with E-state index in [1.165, 1.54) is 18.4 Å². The molecule has 3 rings (SSSR count). The highest BCUT2D eigenvalue weighted by Gasteiger charge is 2.26. The molecule has 0 unspecified atom stereocenters. The van der Waals surface area contributed by atoms with E-state index >= 15 is 0 Å². The Morgan fingerprint density at radius 1 is 1.04 bits per heavy atom.